The van der Waals surface area contributed by atoms with Crippen LogP contribution in [0.5, 0.6) is 0 Å². The lowest BCUT2D eigenvalue weighted by atomic mass is 10.4. The van der Waals surface area contributed by atoms with Crippen LogP contribution in [-0.2, 0) is 0 Å². The first-order valence-electron chi connectivity index (χ1n) is 4.21. The van der Waals surface area contributed by atoms with E-state index < -0.39 is 5.97 Å². The SMILES string of the molecule is Cc1nc(-c2nc(C(=O)O)c(C)s2)co1. The van der Waals surface area contributed by atoms with Crippen LogP contribution >= 0.6 is 11.3 Å². The molecule has 0 amide bonds. The minimum Gasteiger partial charge on any atom is -0.476 e. The van der Waals surface area contributed by atoms with E-state index in [0.29, 0.717) is 21.5 Å². The van der Waals surface area contributed by atoms with Gasteiger partial charge in [0.2, 0.25) is 0 Å². The summed E-state index contributed by atoms with van der Waals surface area (Å²) in [5.41, 5.74) is 0.656. The number of rotatable bonds is 2. The van der Waals surface area contributed by atoms with E-state index in [1.165, 1.54) is 17.6 Å². The molecule has 0 aliphatic heterocycles. The number of hydrogen-bond acceptors (Lipinski definition) is 5. The zero-order chi connectivity index (χ0) is 11.0. The van der Waals surface area contributed by atoms with E-state index in [0.717, 1.165) is 0 Å². The molecule has 2 aromatic rings. The number of carboxylic acids is 1. The molecule has 2 aromatic heterocycles. The predicted octanol–water partition coefficient (Wildman–Crippen LogP) is 2.11. The lowest BCUT2D eigenvalue weighted by Gasteiger charge is -1.85. The van der Waals surface area contributed by atoms with Crippen molar-refractivity contribution in [2.45, 2.75) is 13.8 Å². The van der Waals surface area contributed by atoms with Gasteiger partial charge in [0, 0.05) is 11.8 Å². The minimum atomic E-state index is -1.02. The second kappa shape index (κ2) is 3.47. The fourth-order valence-electron chi connectivity index (χ4n) is 1.17. The predicted molar refractivity (Wildman–Crippen MR) is 54.0 cm³/mol. The van der Waals surface area contributed by atoms with Crippen LogP contribution in [0.15, 0.2) is 10.7 Å². The topological polar surface area (TPSA) is 76.2 Å². The molecule has 0 aliphatic rings. The van der Waals surface area contributed by atoms with Crippen molar-refractivity contribution in [1.82, 2.24) is 9.97 Å². The van der Waals surface area contributed by atoms with Crippen LogP contribution in [-0.4, -0.2) is 21.0 Å². The molecule has 0 radical (unpaired) electrons. The van der Waals surface area contributed by atoms with Crippen LogP contribution < -0.4 is 0 Å². The summed E-state index contributed by atoms with van der Waals surface area (Å²) in [5.74, 6) is -0.482. The third-order valence-electron chi connectivity index (χ3n) is 1.84. The number of carboxylic acid groups (broad SMARTS) is 1. The van der Waals surface area contributed by atoms with Gasteiger partial charge in [0.25, 0.3) is 0 Å². The zero-order valence-corrected chi connectivity index (χ0v) is 8.96. The maximum Gasteiger partial charge on any atom is 0.355 e. The molecule has 0 fully saturated rings. The summed E-state index contributed by atoms with van der Waals surface area (Å²) in [7, 11) is 0. The Labute approximate surface area is 89.4 Å². The van der Waals surface area contributed by atoms with Crippen LogP contribution in [0.3, 0.4) is 0 Å². The maximum absolute atomic E-state index is 10.8. The van der Waals surface area contributed by atoms with Crippen molar-refractivity contribution in [1.29, 1.82) is 0 Å². The fourth-order valence-corrected chi connectivity index (χ4v) is 2.02. The van der Waals surface area contributed by atoms with E-state index >= 15 is 0 Å². The number of carbonyl (C=O) groups is 1. The second-order valence-corrected chi connectivity index (χ2v) is 4.18. The molecule has 2 rings (SSSR count). The largest absolute Gasteiger partial charge is 0.476 e. The number of nitrogens with zero attached hydrogens (tertiary/aromatic N) is 2. The molecule has 0 unspecified atom stereocenters. The molecule has 0 saturated carbocycles. The average molecular weight is 224 g/mol. The first-order valence-corrected chi connectivity index (χ1v) is 5.03. The van der Waals surface area contributed by atoms with E-state index in [1.54, 1.807) is 13.8 Å². The third kappa shape index (κ3) is 1.75. The van der Waals surface area contributed by atoms with Gasteiger partial charge in [-0.25, -0.2) is 14.8 Å². The molecular weight excluding hydrogens is 216 g/mol. The highest BCUT2D eigenvalue weighted by Gasteiger charge is 2.16. The fraction of sp³-hybridized carbons (Fsp3) is 0.222. The van der Waals surface area contributed by atoms with Crippen LogP contribution in [0.2, 0.25) is 0 Å². The second-order valence-electron chi connectivity index (χ2n) is 2.98. The normalized spacial score (nSPS) is 10.5. The van der Waals surface area contributed by atoms with Crippen molar-refractivity contribution in [3.05, 3.63) is 22.7 Å². The quantitative estimate of drug-likeness (QED) is 0.845. The lowest BCUT2D eigenvalue weighted by Crippen LogP contribution is -1.98. The summed E-state index contributed by atoms with van der Waals surface area (Å²) in [6, 6.07) is 0. The summed E-state index contributed by atoms with van der Waals surface area (Å²) in [6.45, 7) is 3.44. The Balaban J connectivity index is 2.46. The maximum atomic E-state index is 10.8. The Hall–Kier alpha value is -1.69. The molecule has 15 heavy (non-hydrogen) atoms. The van der Waals surface area contributed by atoms with Gasteiger partial charge in [0.05, 0.1) is 0 Å². The molecule has 0 bridgehead atoms. The van der Waals surface area contributed by atoms with Gasteiger partial charge in [0.15, 0.2) is 11.6 Å². The van der Waals surface area contributed by atoms with E-state index in [-0.39, 0.29) is 5.69 Å². The van der Waals surface area contributed by atoms with Gasteiger partial charge in [0.1, 0.15) is 17.0 Å². The summed E-state index contributed by atoms with van der Waals surface area (Å²) >= 11 is 1.29. The number of aromatic nitrogens is 2. The van der Waals surface area contributed by atoms with E-state index in [1.807, 2.05) is 0 Å². The van der Waals surface area contributed by atoms with Gasteiger partial charge in [-0.1, -0.05) is 0 Å². The van der Waals surface area contributed by atoms with Gasteiger partial charge in [-0.15, -0.1) is 11.3 Å². The molecule has 5 nitrogen and oxygen atoms in total. The molecule has 0 atom stereocenters. The highest BCUT2D eigenvalue weighted by molar-refractivity contribution is 7.15. The molecule has 6 heteroatoms. The van der Waals surface area contributed by atoms with Crippen molar-refractivity contribution in [3.63, 3.8) is 0 Å². The standard InChI is InChI=1S/C9H8N2O3S/c1-4-7(9(12)13)11-8(15-4)6-3-14-5(2)10-6/h3H,1-2H3,(H,12,13). The first-order chi connectivity index (χ1) is 7.08. The monoisotopic (exact) mass is 224 g/mol. The Bertz CT molecular complexity index is 515. The van der Waals surface area contributed by atoms with Crippen molar-refractivity contribution in [3.8, 4) is 10.7 Å². The van der Waals surface area contributed by atoms with Crippen LogP contribution in [0.4, 0.5) is 0 Å². The molecule has 0 aliphatic carbocycles. The third-order valence-corrected chi connectivity index (χ3v) is 2.83. The van der Waals surface area contributed by atoms with Gasteiger partial charge >= 0.3 is 5.97 Å². The summed E-state index contributed by atoms with van der Waals surface area (Å²) in [5, 5.41) is 9.40. The molecular formula is C9H8N2O3S. The highest BCUT2D eigenvalue weighted by Crippen LogP contribution is 2.26. The zero-order valence-electron chi connectivity index (χ0n) is 8.14. The summed E-state index contributed by atoms with van der Waals surface area (Å²) in [4.78, 5) is 19.5. The van der Waals surface area contributed by atoms with Crippen LogP contribution in [0, 0.1) is 13.8 Å². The van der Waals surface area contributed by atoms with Gasteiger partial charge in [-0.3, -0.25) is 0 Å². The number of aromatic carboxylic acids is 1. The summed E-state index contributed by atoms with van der Waals surface area (Å²) in [6.07, 6.45) is 1.47. The number of thiazole rings is 1. The molecule has 1 N–H and O–H groups in total. The molecule has 0 spiro atoms. The first kappa shape index (κ1) is 9.85. The van der Waals surface area contributed by atoms with Crippen molar-refractivity contribution < 1.29 is 14.3 Å². The summed E-state index contributed by atoms with van der Waals surface area (Å²) < 4.78 is 5.04. The molecule has 0 saturated heterocycles. The molecule has 0 aromatic carbocycles. The van der Waals surface area contributed by atoms with Crippen molar-refractivity contribution >= 4 is 17.3 Å². The van der Waals surface area contributed by atoms with Gasteiger partial charge < -0.3 is 9.52 Å². The highest BCUT2D eigenvalue weighted by atomic mass is 32.1. The lowest BCUT2D eigenvalue weighted by molar-refractivity contribution is 0.0690. The van der Waals surface area contributed by atoms with E-state index in [4.69, 9.17) is 9.52 Å². The van der Waals surface area contributed by atoms with Crippen molar-refractivity contribution in [2.24, 2.45) is 0 Å². The van der Waals surface area contributed by atoms with Crippen LogP contribution in [0.1, 0.15) is 21.3 Å². The Morgan fingerprint density at radius 1 is 1.47 bits per heavy atom. The number of oxazole rings is 1. The molecule has 78 valence electrons. The number of aryl methyl sites for hydroxylation is 2. The minimum absolute atomic E-state index is 0.0793. The Morgan fingerprint density at radius 3 is 2.67 bits per heavy atom. The smallest absolute Gasteiger partial charge is 0.355 e. The van der Waals surface area contributed by atoms with E-state index in [9.17, 15) is 4.79 Å². The Morgan fingerprint density at radius 2 is 2.20 bits per heavy atom. The van der Waals surface area contributed by atoms with Crippen LogP contribution in [0.25, 0.3) is 10.7 Å². The number of hydrogen-bond donors (Lipinski definition) is 1. The van der Waals surface area contributed by atoms with E-state index in [2.05, 4.69) is 9.97 Å². The average Bonchev–Trinajstić information content (AvgIpc) is 2.71. The van der Waals surface area contributed by atoms with Gasteiger partial charge in [-0.2, -0.15) is 0 Å². The Kier molecular flexibility index (Phi) is 2.28. The molecule has 2 heterocycles. The van der Waals surface area contributed by atoms with Crippen molar-refractivity contribution in [2.75, 3.05) is 0 Å². The van der Waals surface area contributed by atoms with Gasteiger partial charge in [-0.05, 0) is 6.92 Å².